The third kappa shape index (κ3) is 2.78. The van der Waals surface area contributed by atoms with Gasteiger partial charge in [0.15, 0.2) is 5.16 Å². The Hall–Kier alpha value is -2.41. The highest BCUT2D eigenvalue weighted by atomic mass is 32.2. The molecule has 0 aliphatic carbocycles. The summed E-state index contributed by atoms with van der Waals surface area (Å²) in [6, 6.07) is 7.40. The molecule has 7 heteroatoms. The summed E-state index contributed by atoms with van der Waals surface area (Å²) in [6.45, 7) is 1.49. The van der Waals surface area contributed by atoms with E-state index in [0.717, 1.165) is 37.2 Å². The Morgan fingerprint density at radius 1 is 1.36 bits per heavy atom. The molecule has 0 bridgehead atoms. The normalized spacial score (nSPS) is 19.4. The van der Waals surface area contributed by atoms with Crippen LogP contribution in [-0.2, 0) is 0 Å². The lowest BCUT2D eigenvalue weighted by Gasteiger charge is -2.27. The number of fused-ring (bicyclic) bond motifs is 3. The fourth-order valence-electron chi connectivity index (χ4n) is 3.56. The Morgan fingerprint density at radius 2 is 2.24 bits per heavy atom. The molecule has 4 rings (SSSR count). The lowest BCUT2D eigenvalue weighted by Crippen LogP contribution is -2.39. The molecule has 2 aliphatic rings. The first-order chi connectivity index (χ1) is 12.2. The van der Waals surface area contributed by atoms with Crippen molar-refractivity contribution in [3.8, 4) is 0 Å². The lowest BCUT2D eigenvalue weighted by atomic mass is 10.1. The largest absolute Gasteiger partial charge is 0.351 e. The van der Waals surface area contributed by atoms with Crippen LogP contribution < -0.4 is 9.80 Å². The van der Waals surface area contributed by atoms with Gasteiger partial charge in [0.25, 0.3) is 5.91 Å². The molecule has 1 saturated heterocycles. The number of carbonyl (C=O) groups is 2. The summed E-state index contributed by atoms with van der Waals surface area (Å²) in [5.41, 5.74) is 1.83. The number of carbonyl (C=O) groups excluding carboxylic acids is 2. The van der Waals surface area contributed by atoms with Crippen molar-refractivity contribution in [2.75, 3.05) is 29.1 Å². The fourth-order valence-corrected chi connectivity index (χ4v) is 3.89. The molecule has 1 unspecified atom stereocenters. The summed E-state index contributed by atoms with van der Waals surface area (Å²) in [4.78, 5) is 37.2. The van der Waals surface area contributed by atoms with Gasteiger partial charge < -0.3 is 9.80 Å². The van der Waals surface area contributed by atoms with Crippen molar-refractivity contribution in [1.82, 2.24) is 9.97 Å². The van der Waals surface area contributed by atoms with Gasteiger partial charge in [-0.3, -0.25) is 9.59 Å². The van der Waals surface area contributed by atoms with E-state index in [2.05, 4.69) is 14.9 Å². The molecule has 2 aromatic rings. The van der Waals surface area contributed by atoms with Crippen LogP contribution in [0.1, 0.15) is 33.6 Å². The first-order valence-corrected chi connectivity index (χ1v) is 9.48. The van der Waals surface area contributed by atoms with E-state index in [1.165, 1.54) is 11.8 Å². The Morgan fingerprint density at radius 3 is 3.04 bits per heavy atom. The Kier molecular flexibility index (Phi) is 4.17. The number of aromatic nitrogens is 2. The molecule has 1 aromatic heterocycles. The first kappa shape index (κ1) is 16.1. The Bertz CT molecular complexity index is 842. The first-order valence-electron chi connectivity index (χ1n) is 8.26. The van der Waals surface area contributed by atoms with E-state index in [-0.39, 0.29) is 11.9 Å². The van der Waals surface area contributed by atoms with Crippen LogP contribution in [0.25, 0.3) is 0 Å². The molecule has 0 radical (unpaired) electrons. The van der Waals surface area contributed by atoms with E-state index >= 15 is 0 Å². The number of aldehydes is 1. The molecular formula is C18H18N4O2S. The van der Waals surface area contributed by atoms with Gasteiger partial charge in [-0.05, 0) is 31.2 Å². The van der Waals surface area contributed by atoms with Gasteiger partial charge in [0.2, 0.25) is 0 Å². The fraction of sp³-hybridized carbons (Fsp3) is 0.333. The van der Waals surface area contributed by atoms with Crippen LogP contribution in [0, 0.1) is 0 Å². The number of hydrogen-bond donors (Lipinski definition) is 0. The number of benzene rings is 1. The predicted octanol–water partition coefficient (Wildman–Crippen LogP) is 2.64. The molecule has 6 nitrogen and oxygen atoms in total. The van der Waals surface area contributed by atoms with Crippen LogP contribution in [0.15, 0.2) is 35.6 Å². The molecular weight excluding hydrogens is 336 g/mol. The zero-order valence-electron chi connectivity index (χ0n) is 13.9. The zero-order valence-corrected chi connectivity index (χ0v) is 14.7. The summed E-state index contributed by atoms with van der Waals surface area (Å²) in [7, 11) is 0. The standard InChI is InChI=1S/C18H18N4O2S/c1-25-18-19-9-15-16(20-18)21-7-3-6-14(21)10-22(17(15)24)13-5-2-4-12(8-13)11-23/h2,4-5,8-9,11,14H,3,6-7,10H2,1H3. The van der Waals surface area contributed by atoms with Gasteiger partial charge in [0.05, 0.1) is 0 Å². The summed E-state index contributed by atoms with van der Waals surface area (Å²) in [5, 5.41) is 0.675. The van der Waals surface area contributed by atoms with Gasteiger partial charge in [-0.15, -0.1) is 0 Å². The third-order valence-corrected chi connectivity index (χ3v) is 5.33. The Balaban J connectivity index is 1.82. The molecule has 2 aliphatic heterocycles. The number of rotatable bonds is 3. The molecule has 1 atom stereocenters. The topological polar surface area (TPSA) is 66.4 Å². The van der Waals surface area contributed by atoms with E-state index in [9.17, 15) is 9.59 Å². The second-order valence-corrected chi connectivity index (χ2v) is 6.99. The minimum Gasteiger partial charge on any atom is -0.351 e. The SMILES string of the molecule is CSc1ncc2c(n1)N1CCCC1CN(c1cccc(C=O)c1)C2=O. The number of anilines is 2. The van der Waals surface area contributed by atoms with Crippen molar-refractivity contribution >= 4 is 35.5 Å². The predicted molar refractivity (Wildman–Crippen MR) is 97.7 cm³/mol. The summed E-state index contributed by atoms with van der Waals surface area (Å²) >= 11 is 1.47. The van der Waals surface area contributed by atoms with Crippen LogP contribution in [0.5, 0.6) is 0 Å². The maximum absolute atomic E-state index is 13.2. The number of hydrogen-bond acceptors (Lipinski definition) is 6. The number of nitrogens with zero attached hydrogens (tertiary/aromatic N) is 4. The molecule has 0 saturated carbocycles. The third-order valence-electron chi connectivity index (χ3n) is 4.77. The molecule has 3 heterocycles. The van der Waals surface area contributed by atoms with Crippen LogP contribution in [0.3, 0.4) is 0 Å². The molecule has 128 valence electrons. The molecule has 0 spiro atoms. The van der Waals surface area contributed by atoms with Crippen molar-refractivity contribution < 1.29 is 9.59 Å². The van der Waals surface area contributed by atoms with E-state index in [1.54, 1.807) is 29.3 Å². The quantitative estimate of drug-likeness (QED) is 0.480. The monoisotopic (exact) mass is 354 g/mol. The van der Waals surface area contributed by atoms with E-state index in [0.29, 0.717) is 22.8 Å². The molecule has 0 N–H and O–H groups in total. The lowest BCUT2D eigenvalue weighted by molar-refractivity contribution is 0.0987. The van der Waals surface area contributed by atoms with E-state index in [1.807, 2.05) is 12.3 Å². The van der Waals surface area contributed by atoms with Crippen LogP contribution in [0.4, 0.5) is 11.5 Å². The summed E-state index contributed by atoms with van der Waals surface area (Å²) in [5.74, 6) is 0.626. The second-order valence-electron chi connectivity index (χ2n) is 6.21. The Labute approximate surface area is 150 Å². The molecule has 25 heavy (non-hydrogen) atoms. The molecule has 1 amide bonds. The maximum atomic E-state index is 13.2. The van der Waals surface area contributed by atoms with Crippen molar-refractivity contribution in [1.29, 1.82) is 0 Å². The van der Waals surface area contributed by atoms with Gasteiger partial charge >= 0.3 is 0 Å². The van der Waals surface area contributed by atoms with Gasteiger partial charge in [-0.25, -0.2) is 9.97 Å². The van der Waals surface area contributed by atoms with Crippen LogP contribution in [-0.4, -0.2) is 47.5 Å². The maximum Gasteiger partial charge on any atom is 0.263 e. The minimum absolute atomic E-state index is 0.111. The van der Waals surface area contributed by atoms with Gasteiger partial charge in [0.1, 0.15) is 17.7 Å². The highest BCUT2D eigenvalue weighted by molar-refractivity contribution is 7.98. The average Bonchev–Trinajstić information content (AvgIpc) is 3.09. The molecule has 1 aromatic carbocycles. The van der Waals surface area contributed by atoms with Crippen molar-refractivity contribution in [3.05, 3.63) is 41.6 Å². The van der Waals surface area contributed by atoms with E-state index < -0.39 is 0 Å². The van der Waals surface area contributed by atoms with Gasteiger partial charge in [-0.1, -0.05) is 23.9 Å². The van der Waals surface area contributed by atoms with Crippen LogP contribution in [0.2, 0.25) is 0 Å². The molecule has 1 fully saturated rings. The van der Waals surface area contributed by atoms with Gasteiger partial charge in [0, 0.05) is 36.6 Å². The van der Waals surface area contributed by atoms with Crippen molar-refractivity contribution in [3.63, 3.8) is 0 Å². The highest BCUT2D eigenvalue weighted by Gasteiger charge is 2.37. The van der Waals surface area contributed by atoms with Gasteiger partial charge in [-0.2, -0.15) is 0 Å². The minimum atomic E-state index is -0.111. The van der Waals surface area contributed by atoms with Crippen molar-refractivity contribution in [2.45, 2.75) is 24.0 Å². The van der Waals surface area contributed by atoms with Crippen molar-refractivity contribution in [2.24, 2.45) is 0 Å². The summed E-state index contributed by atoms with van der Waals surface area (Å²) in [6.07, 6.45) is 6.47. The second kappa shape index (κ2) is 6.48. The summed E-state index contributed by atoms with van der Waals surface area (Å²) < 4.78 is 0. The highest BCUT2D eigenvalue weighted by Crippen LogP contribution is 2.34. The van der Waals surface area contributed by atoms with E-state index in [4.69, 9.17) is 0 Å². The zero-order chi connectivity index (χ0) is 17.4. The smallest absolute Gasteiger partial charge is 0.263 e. The van der Waals surface area contributed by atoms with Crippen LogP contribution >= 0.6 is 11.8 Å². The number of amides is 1. The number of thioether (sulfide) groups is 1. The average molecular weight is 354 g/mol.